The lowest BCUT2D eigenvalue weighted by atomic mass is 10.0. The standard InChI is InChI=1S/C15H20Cl2N2OS/c1-9(19-21(20)15(2,3)4)12-8-10-7-11(16)5-6-13(10)18-14(12)17/h5-9,14,18-19H,1-4H3/t9-,14?,21-/m1/s1. The van der Waals surface area contributed by atoms with Crippen molar-refractivity contribution in [3.8, 4) is 0 Å². The van der Waals surface area contributed by atoms with Crippen molar-refractivity contribution in [1.82, 2.24) is 4.72 Å². The summed E-state index contributed by atoms with van der Waals surface area (Å²) in [7, 11) is -1.15. The molecule has 0 bridgehead atoms. The highest BCUT2D eigenvalue weighted by Gasteiger charge is 2.27. The lowest BCUT2D eigenvalue weighted by Crippen LogP contribution is -2.42. The van der Waals surface area contributed by atoms with Gasteiger partial charge in [-0.1, -0.05) is 23.2 Å². The summed E-state index contributed by atoms with van der Waals surface area (Å²) in [4.78, 5) is 0. The van der Waals surface area contributed by atoms with Gasteiger partial charge in [-0.15, -0.1) is 0 Å². The monoisotopic (exact) mass is 346 g/mol. The Bertz CT molecular complexity index is 596. The fourth-order valence-electron chi connectivity index (χ4n) is 2.01. The van der Waals surface area contributed by atoms with E-state index in [4.69, 9.17) is 23.2 Å². The van der Waals surface area contributed by atoms with Crippen LogP contribution in [0.5, 0.6) is 0 Å². The van der Waals surface area contributed by atoms with E-state index < -0.39 is 11.0 Å². The molecule has 1 unspecified atom stereocenters. The summed E-state index contributed by atoms with van der Waals surface area (Å²) < 4.78 is 15.0. The molecule has 0 fully saturated rings. The molecular formula is C15H20Cl2N2OS. The maximum atomic E-state index is 12.2. The Morgan fingerprint density at radius 1 is 1.38 bits per heavy atom. The van der Waals surface area contributed by atoms with Gasteiger partial charge in [-0.3, -0.25) is 0 Å². The molecule has 0 saturated carbocycles. The zero-order valence-corrected chi connectivity index (χ0v) is 14.9. The summed E-state index contributed by atoms with van der Waals surface area (Å²) in [6, 6.07) is 5.52. The molecule has 1 aliphatic rings. The van der Waals surface area contributed by atoms with Gasteiger partial charge < -0.3 is 5.32 Å². The van der Waals surface area contributed by atoms with Crippen LogP contribution in [0, 0.1) is 0 Å². The molecule has 0 aliphatic carbocycles. The maximum absolute atomic E-state index is 12.2. The Labute approximate surface area is 138 Å². The van der Waals surface area contributed by atoms with Gasteiger partial charge in [0.1, 0.15) is 5.50 Å². The number of halogens is 2. The zero-order chi connectivity index (χ0) is 15.8. The molecule has 1 aliphatic heterocycles. The van der Waals surface area contributed by atoms with Crippen LogP contribution in [0.1, 0.15) is 33.3 Å². The van der Waals surface area contributed by atoms with Crippen LogP contribution in [-0.2, 0) is 11.0 Å². The molecule has 0 amide bonds. The zero-order valence-electron chi connectivity index (χ0n) is 12.5. The molecule has 0 saturated heterocycles. The van der Waals surface area contributed by atoms with Crippen LogP contribution in [0.3, 0.4) is 0 Å². The van der Waals surface area contributed by atoms with Crippen molar-refractivity contribution in [1.29, 1.82) is 0 Å². The van der Waals surface area contributed by atoms with Crippen molar-refractivity contribution in [2.75, 3.05) is 5.32 Å². The predicted molar refractivity (Wildman–Crippen MR) is 93.2 cm³/mol. The minimum atomic E-state index is -1.15. The molecule has 3 atom stereocenters. The largest absolute Gasteiger partial charge is 0.365 e. The summed E-state index contributed by atoms with van der Waals surface area (Å²) in [5.74, 6) is 0. The number of rotatable bonds is 3. The molecule has 0 aromatic heterocycles. The fraction of sp³-hybridized carbons (Fsp3) is 0.467. The van der Waals surface area contributed by atoms with Gasteiger partial charge in [-0.05, 0) is 63.1 Å². The van der Waals surface area contributed by atoms with E-state index in [9.17, 15) is 4.21 Å². The Kier molecular flexibility index (Phi) is 5.03. The lowest BCUT2D eigenvalue weighted by Gasteiger charge is -2.29. The highest BCUT2D eigenvalue weighted by atomic mass is 35.5. The number of alkyl halides is 1. The summed E-state index contributed by atoms with van der Waals surface area (Å²) in [6.07, 6.45) is 2.01. The number of fused-ring (bicyclic) bond motifs is 1. The van der Waals surface area contributed by atoms with Gasteiger partial charge in [-0.2, -0.15) is 0 Å². The van der Waals surface area contributed by atoms with Crippen molar-refractivity contribution >= 4 is 46.0 Å². The third-order valence-corrected chi connectivity index (χ3v) is 5.53. The molecule has 1 aromatic carbocycles. The van der Waals surface area contributed by atoms with Crippen molar-refractivity contribution < 1.29 is 4.21 Å². The first-order chi connectivity index (χ1) is 9.68. The van der Waals surface area contributed by atoms with Gasteiger partial charge in [0.15, 0.2) is 0 Å². The van der Waals surface area contributed by atoms with Crippen LogP contribution < -0.4 is 10.0 Å². The van der Waals surface area contributed by atoms with Crippen molar-refractivity contribution in [2.24, 2.45) is 0 Å². The molecule has 21 heavy (non-hydrogen) atoms. The quantitative estimate of drug-likeness (QED) is 0.637. The Hall–Kier alpha value is -0.550. The van der Waals surface area contributed by atoms with Crippen LogP contribution in [0.4, 0.5) is 5.69 Å². The van der Waals surface area contributed by atoms with Gasteiger partial charge in [0.25, 0.3) is 0 Å². The van der Waals surface area contributed by atoms with Gasteiger partial charge >= 0.3 is 0 Å². The van der Waals surface area contributed by atoms with E-state index in [1.807, 2.05) is 52.0 Å². The number of nitrogens with one attached hydrogen (secondary N) is 2. The van der Waals surface area contributed by atoms with Gasteiger partial charge in [0.05, 0.1) is 15.7 Å². The van der Waals surface area contributed by atoms with Gasteiger partial charge in [-0.25, -0.2) is 8.93 Å². The first-order valence-corrected chi connectivity index (χ1v) is 8.74. The molecule has 0 spiro atoms. The second-order valence-electron chi connectivity index (χ2n) is 6.10. The van der Waals surface area contributed by atoms with E-state index in [1.165, 1.54) is 0 Å². The second-order valence-corrected chi connectivity index (χ2v) is 8.97. The first-order valence-electron chi connectivity index (χ1n) is 6.78. The van der Waals surface area contributed by atoms with Gasteiger partial charge in [0.2, 0.25) is 0 Å². The SMILES string of the molecule is C[C@@H](N[S@](=O)C(C)(C)C)C1=Cc2cc(Cl)ccc2NC1Cl. The Morgan fingerprint density at radius 2 is 2.05 bits per heavy atom. The average Bonchev–Trinajstić information content (AvgIpc) is 2.37. The molecule has 1 aromatic rings. The number of hydrogen-bond donors (Lipinski definition) is 2. The summed E-state index contributed by atoms with van der Waals surface area (Å²) in [5, 5.41) is 3.91. The molecule has 6 heteroatoms. The molecule has 116 valence electrons. The highest BCUT2D eigenvalue weighted by molar-refractivity contribution is 7.84. The molecule has 1 heterocycles. The van der Waals surface area contributed by atoms with Crippen molar-refractivity contribution in [3.63, 3.8) is 0 Å². The van der Waals surface area contributed by atoms with Crippen LogP contribution >= 0.6 is 23.2 Å². The molecule has 2 rings (SSSR count). The van der Waals surface area contributed by atoms with E-state index in [2.05, 4.69) is 10.0 Å². The number of hydrogen-bond acceptors (Lipinski definition) is 2. The normalized spacial score (nSPS) is 21.0. The minimum Gasteiger partial charge on any atom is -0.365 e. The molecular weight excluding hydrogens is 327 g/mol. The lowest BCUT2D eigenvalue weighted by molar-refractivity contribution is 0.622. The third kappa shape index (κ3) is 4.01. The molecule has 0 radical (unpaired) electrons. The van der Waals surface area contributed by atoms with Gasteiger partial charge in [0, 0.05) is 16.8 Å². The molecule has 2 N–H and O–H groups in total. The maximum Gasteiger partial charge on any atom is 0.125 e. The smallest absolute Gasteiger partial charge is 0.125 e. The first kappa shape index (κ1) is 16.8. The molecule has 3 nitrogen and oxygen atoms in total. The van der Waals surface area contributed by atoms with Crippen LogP contribution in [0.25, 0.3) is 6.08 Å². The predicted octanol–water partition coefficient (Wildman–Crippen LogP) is 4.15. The van der Waals surface area contributed by atoms with E-state index in [1.54, 1.807) is 0 Å². The second kappa shape index (κ2) is 6.29. The topological polar surface area (TPSA) is 41.1 Å². The van der Waals surface area contributed by atoms with E-state index >= 15 is 0 Å². The van der Waals surface area contributed by atoms with Crippen molar-refractivity contribution in [2.45, 2.75) is 44.0 Å². The summed E-state index contributed by atoms with van der Waals surface area (Å²) in [6.45, 7) is 7.76. The minimum absolute atomic E-state index is 0.104. The van der Waals surface area contributed by atoms with Crippen molar-refractivity contribution in [3.05, 3.63) is 34.4 Å². The highest BCUT2D eigenvalue weighted by Crippen LogP contribution is 2.32. The van der Waals surface area contributed by atoms with E-state index in [0.717, 1.165) is 16.8 Å². The Morgan fingerprint density at radius 3 is 2.67 bits per heavy atom. The summed E-state index contributed by atoms with van der Waals surface area (Å²) >= 11 is 12.4. The van der Waals surface area contributed by atoms with Crippen LogP contribution in [-0.4, -0.2) is 20.5 Å². The third-order valence-electron chi connectivity index (χ3n) is 3.25. The number of benzene rings is 1. The van der Waals surface area contributed by atoms with Crippen LogP contribution in [0.15, 0.2) is 23.8 Å². The fourth-order valence-corrected chi connectivity index (χ4v) is 3.37. The van der Waals surface area contributed by atoms with E-state index in [-0.39, 0.29) is 16.3 Å². The number of anilines is 1. The van der Waals surface area contributed by atoms with E-state index in [0.29, 0.717) is 5.02 Å². The Balaban J connectivity index is 2.24. The average molecular weight is 347 g/mol. The van der Waals surface area contributed by atoms with Crippen LogP contribution in [0.2, 0.25) is 5.02 Å². The summed E-state index contributed by atoms with van der Waals surface area (Å²) in [5.41, 5.74) is 2.55.